The fourth-order valence-electron chi connectivity index (χ4n) is 4.58. The first-order chi connectivity index (χ1) is 21.0. The second-order valence-electron chi connectivity index (χ2n) is 9.53. The quantitative estimate of drug-likeness (QED) is 0.157. The molecule has 0 saturated carbocycles. The van der Waals surface area contributed by atoms with Crippen LogP contribution in [0, 0.1) is 0 Å². The third kappa shape index (κ3) is 6.34. The van der Waals surface area contributed by atoms with Gasteiger partial charge in [-0.15, -0.1) is 0 Å². The lowest BCUT2D eigenvalue weighted by molar-refractivity contribution is 0.102. The third-order valence-corrected chi connectivity index (χ3v) is 7.07. The highest BCUT2D eigenvalue weighted by Crippen LogP contribution is 2.27. The van der Waals surface area contributed by atoms with E-state index in [1.807, 2.05) is 91.0 Å². The standard InChI is InChI=1S/C19H14N4O.C14H10BrN3O/c24-19(22-16-6-2-1-3-7-16)17-10-14(13-5-4-8-20-11-13)9-15-12-21-23-18(15)17;15-10-6-9-8-16-18-13(9)12(7-10)14(19)17-11-4-2-1-3-5-11/h1-12H,(H,21,23)(H,22,24);1-8H,(H,16,18)(H,17,19). The Labute approximate surface area is 254 Å². The lowest BCUT2D eigenvalue weighted by atomic mass is 10.0. The first kappa shape index (κ1) is 27.6. The van der Waals surface area contributed by atoms with Gasteiger partial charge in [-0.1, -0.05) is 58.4 Å². The fraction of sp³-hybridized carbons (Fsp3) is 0. The zero-order chi connectivity index (χ0) is 29.6. The van der Waals surface area contributed by atoms with E-state index in [9.17, 15) is 9.59 Å². The summed E-state index contributed by atoms with van der Waals surface area (Å²) in [4.78, 5) is 29.2. The van der Waals surface area contributed by atoms with Crippen LogP contribution in [0.15, 0.2) is 126 Å². The van der Waals surface area contributed by atoms with Crippen LogP contribution in [0.4, 0.5) is 11.4 Å². The average Bonchev–Trinajstić information content (AvgIpc) is 3.72. The Kier molecular flexibility index (Phi) is 8.01. The van der Waals surface area contributed by atoms with Crippen LogP contribution in [0.1, 0.15) is 20.7 Å². The highest BCUT2D eigenvalue weighted by molar-refractivity contribution is 9.10. The molecular formula is C33H24BrN7O2. The maximum absolute atomic E-state index is 12.7. The van der Waals surface area contributed by atoms with E-state index >= 15 is 0 Å². The minimum atomic E-state index is -0.179. The molecule has 0 spiro atoms. The summed E-state index contributed by atoms with van der Waals surface area (Å²) >= 11 is 3.40. The van der Waals surface area contributed by atoms with Gasteiger partial charge in [0.1, 0.15) is 0 Å². The van der Waals surface area contributed by atoms with Gasteiger partial charge in [0.2, 0.25) is 0 Å². The Hall–Kier alpha value is -5.61. The minimum absolute atomic E-state index is 0.165. The van der Waals surface area contributed by atoms with Gasteiger partial charge in [0.15, 0.2) is 0 Å². The number of benzene rings is 4. The van der Waals surface area contributed by atoms with Crippen LogP contribution >= 0.6 is 15.9 Å². The number of hydrogen-bond acceptors (Lipinski definition) is 5. The monoisotopic (exact) mass is 629 g/mol. The molecule has 3 heterocycles. The van der Waals surface area contributed by atoms with Crippen molar-refractivity contribution < 1.29 is 9.59 Å². The van der Waals surface area contributed by atoms with Gasteiger partial charge < -0.3 is 10.6 Å². The molecule has 9 nitrogen and oxygen atoms in total. The summed E-state index contributed by atoms with van der Waals surface area (Å²) in [5, 5.41) is 21.3. The van der Waals surface area contributed by atoms with Crippen molar-refractivity contribution in [3.05, 3.63) is 137 Å². The minimum Gasteiger partial charge on any atom is -0.322 e. The van der Waals surface area contributed by atoms with Gasteiger partial charge in [-0.25, -0.2) is 0 Å². The summed E-state index contributed by atoms with van der Waals surface area (Å²) in [5.74, 6) is -0.344. The Morgan fingerprint density at radius 2 is 1.16 bits per heavy atom. The highest BCUT2D eigenvalue weighted by Gasteiger charge is 2.15. The maximum Gasteiger partial charge on any atom is 0.257 e. The van der Waals surface area contributed by atoms with Crippen LogP contribution in [0.2, 0.25) is 0 Å². The number of halogens is 1. The predicted molar refractivity (Wildman–Crippen MR) is 172 cm³/mol. The number of H-pyrrole nitrogens is 2. The molecule has 0 fully saturated rings. The predicted octanol–water partition coefficient (Wildman–Crippen LogP) is 7.45. The zero-order valence-corrected chi connectivity index (χ0v) is 24.2. The molecule has 0 bridgehead atoms. The number of para-hydroxylation sites is 2. The molecule has 0 saturated heterocycles. The van der Waals surface area contributed by atoms with E-state index in [2.05, 4.69) is 51.9 Å². The van der Waals surface area contributed by atoms with Crippen molar-refractivity contribution in [2.45, 2.75) is 0 Å². The van der Waals surface area contributed by atoms with Crippen molar-refractivity contribution in [1.29, 1.82) is 0 Å². The summed E-state index contributed by atoms with van der Waals surface area (Å²) in [5.41, 5.74) is 5.96. The topological polar surface area (TPSA) is 128 Å². The van der Waals surface area contributed by atoms with Crippen molar-refractivity contribution in [2.24, 2.45) is 0 Å². The van der Waals surface area contributed by atoms with Crippen LogP contribution in [0.3, 0.4) is 0 Å². The van der Waals surface area contributed by atoms with Crippen molar-refractivity contribution in [2.75, 3.05) is 10.6 Å². The van der Waals surface area contributed by atoms with Gasteiger partial charge in [0.25, 0.3) is 11.8 Å². The summed E-state index contributed by atoms with van der Waals surface area (Å²) < 4.78 is 0.847. The molecule has 3 aromatic heterocycles. The van der Waals surface area contributed by atoms with Gasteiger partial charge in [0, 0.05) is 44.6 Å². The molecule has 0 aliphatic carbocycles. The summed E-state index contributed by atoms with van der Waals surface area (Å²) in [6.45, 7) is 0. The van der Waals surface area contributed by atoms with E-state index in [0.29, 0.717) is 11.1 Å². The molecule has 7 rings (SSSR count). The van der Waals surface area contributed by atoms with Gasteiger partial charge in [0.05, 0.1) is 34.6 Å². The molecule has 0 unspecified atom stereocenters. The number of carbonyl (C=O) groups excluding carboxylic acids is 2. The first-order valence-electron chi connectivity index (χ1n) is 13.3. The number of carbonyl (C=O) groups is 2. The van der Waals surface area contributed by atoms with Gasteiger partial charge in [-0.2, -0.15) is 10.2 Å². The number of aromatic nitrogens is 5. The number of fused-ring (bicyclic) bond motifs is 2. The molecule has 0 aliphatic heterocycles. The molecule has 2 amide bonds. The van der Waals surface area contributed by atoms with Crippen LogP contribution in [0.5, 0.6) is 0 Å². The Bertz CT molecular complexity index is 2020. The largest absolute Gasteiger partial charge is 0.322 e. The van der Waals surface area contributed by atoms with E-state index in [1.54, 1.807) is 30.9 Å². The summed E-state index contributed by atoms with van der Waals surface area (Å²) in [6.07, 6.45) is 6.91. The van der Waals surface area contributed by atoms with Gasteiger partial charge >= 0.3 is 0 Å². The maximum atomic E-state index is 12.7. The highest BCUT2D eigenvalue weighted by atomic mass is 79.9. The smallest absolute Gasteiger partial charge is 0.257 e. The summed E-state index contributed by atoms with van der Waals surface area (Å²) in [6, 6.07) is 30.1. The Morgan fingerprint density at radius 3 is 1.72 bits per heavy atom. The molecule has 0 radical (unpaired) electrons. The average molecular weight is 631 g/mol. The second kappa shape index (κ2) is 12.5. The molecule has 4 aromatic carbocycles. The van der Waals surface area contributed by atoms with E-state index in [-0.39, 0.29) is 11.8 Å². The number of amides is 2. The fourth-order valence-corrected chi connectivity index (χ4v) is 5.05. The second-order valence-corrected chi connectivity index (χ2v) is 10.4. The van der Waals surface area contributed by atoms with E-state index in [1.165, 1.54) is 0 Å². The number of nitrogens with zero attached hydrogens (tertiary/aromatic N) is 3. The molecule has 210 valence electrons. The number of aromatic amines is 2. The first-order valence-corrected chi connectivity index (χ1v) is 14.1. The number of hydrogen-bond donors (Lipinski definition) is 4. The zero-order valence-electron chi connectivity index (χ0n) is 22.6. The number of anilines is 2. The van der Waals surface area contributed by atoms with Gasteiger partial charge in [-0.3, -0.25) is 24.8 Å². The molecule has 7 aromatic rings. The van der Waals surface area contributed by atoms with E-state index in [0.717, 1.165) is 48.8 Å². The van der Waals surface area contributed by atoms with Crippen molar-refractivity contribution in [3.8, 4) is 11.1 Å². The Balaban J connectivity index is 0.000000157. The SMILES string of the molecule is O=C(Nc1ccccc1)c1cc(-c2cccnc2)cc2cn[nH]c12.O=C(Nc1ccccc1)c1cc(Br)cc2cn[nH]c12. The molecule has 43 heavy (non-hydrogen) atoms. The van der Waals surface area contributed by atoms with Crippen LogP contribution in [0.25, 0.3) is 32.9 Å². The van der Waals surface area contributed by atoms with Crippen molar-refractivity contribution in [1.82, 2.24) is 25.4 Å². The Morgan fingerprint density at radius 1 is 0.605 bits per heavy atom. The van der Waals surface area contributed by atoms with Gasteiger partial charge in [-0.05, 0) is 60.2 Å². The van der Waals surface area contributed by atoms with E-state index in [4.69, 9.17) is 0 Å². The summed E-state index contributed by atoms with van der Waals surface area (Å²) in [7, 11) is 0. The normalized spacial score (nSPS) is 10.6. The molecule has 10 heteroatoms. The lowest BCUT2D eigenvalue weighted by Crippen LogP contribution is -2.12. The van der Waals surface area contributed by atoms with Crippen molar-refractivity contribution >= 4 is 60.9 Å². The molecule has 0 aliphatic rings. The third-order valence-electron chi connectivity index (χ3n) is 6.61. The van der Waals surface area contributed by atoms with Crippen LogP contribution < -0.4 is 10.6 Å². The van der Waals surface area contributed by atoms with Crippen LogP contribution in [-0.4, -0.2) is 37.2 Å². The molecular weight excluding hydrogens is 606 g/mol. The van der Waals surface area contributed by atoms with E-state index < -0.39 is 0 Å². The number of rotatable bonds is 5. The van der Waals surface area contributed by atoms with Crippen LogP contribution in [-0.2, 0) is 0 Å². The van der Waals surface area contributed by atoms with Crippen molar-refractivity contribution in [3.63, 3.8) is 0 Å². The molecule has 4 N–H and O–H groups in total. The molecule has 0 atom stereocenters. The number of pyridine rings is 1. The lowest BCUT2D eigenvalue weighted by Gasteiger charge is -2.09. The number of nitrogens with one attached hydrogen (secondary N) is 4.